The van der Waals surface area contributed by atoms with Crippen LogP contribution >= 0.6 is 11.6 Å². The largest absolute Gasteiger partial charge is 0.275 e. The molecule has 84 valence electrons. The van der Waals surface area contributed by atoms with Gasteiger partial charge in [0, 0.05) is 30.4 Å². The lowest BCUT2D eigenvalue weighted by atomic mass is 10.2. The van der Waals surface area contributed by atoms with Crippen molar-refractivity contribution in [2.45, 2.75) is 0 Å². The average Bonchev–Trinajstić information content (AvgIpc) is 2.75. The molecule has 3 rings (SSSR count). The molecule has 3 aromatic heterocycles. The van der Waals surface area contributed by atoms with Gasteiger partial charge >= 0.3 is 0 Å². The van der Waals surface area contributed by atoms with Crippen LogP contribution in [0.15, 0.2) is 30.7 Å². The van der Waals surface area contributed by atoms with Gasteiger partial charge in [-0.15, -0.1) is 0 Å². The molecule has 0 radical (unpaired) electrons. The third-order valence-electron chi connectivity index (χ3n) is 2.41. The summed E-state index contributed by atoms with van der Waals surface area (Å²) >= 11 is 5.74. The van der Waals surface area contributed by atoms with E-state index in [1.807, 2.05) is 25.4 Å². The minimum absolute atomic E-state index is 0.202. The first-order valence-electron chi connectivity index (χ1n) is 5.01. The van der Waals surface area contributed by atoms with Crippen molar-refractivity contribution in [1.29, 1.82) is 0 Å². The van der Waals surface area contributed by atoms with Crippen LogP contribution in [0.1, 0.15) is 0 Å². The number of nitrogens with zero attached hydrogens (tertiary/aromatic N) is 5. The van der Waals surface area contributed by atoms with Crippen LogP contribution < -0.4 is 0 Å². The van der Waals surface area contributed by atoms with E-state index in [4.69, 9.17) is 11.6 Å². The Bertz CT molecular complexity index is 691. The van der Waals surface area contributed by atoms with Crippen LogP contribution in [-0.4, -0.2) is 24.7 Å². The molecule has 0 N–H and O–H groups in total. The Labute approximate surface area is 102 Å². The number of hydrogen-bond acceptors (Lipinski definition) is 4. The fourth-order valence-corrected chi connectivity index (χ4v) is 1.73. The summed E-state index contributed by atoms with van der Waals surface area (Å²) in [6.45, 7) is 0. The Kier molecular flexibility index (Phi) is 2.26. The van der Waals surface area contributed by atoms with E-state index in [-0.39, 0.29) is 5.28 Å². The maximum atomic E-state index is 5.74. The number of rotatable bonds is 1. The highest BCUT2D eigenvalue weighted by Gasteiger charge is 2.05. The predicted molar refractivity (Wildman–Crippen MR) is 64.5 cm³/mol. The van der Waals surface area contributed by atoms with Crippen LogP contribution in [0.2, 0.25) is 5.28 Å². The van der Waals surface area contributed by atoms with Crippen molar-refractivity contribution in [1.82, 2.24) is 24.7 Å². The summed E-state index contributed by atoms with van der Waals surface area (Å²) < 4.78 is 1.73. The molecule has 0 fully saturated rings. The Morgan fingerprint density at radius 2 is 2.06 bits per heavy atom. The molecule has 0 aliphatic carbocycles. The molecule has 3 heterocycles. The SMILES string of the molecule is Cn1cc(-c2ccc3cnc(Cl)nc3n2)cn1. The van der Waals surface area contributed by atoms with Gasteiger partial charge in [-0.25, -0.2) is 9.97 Å². The van der Waals surface area contributed by atoms with Gasteiger partial charge in [0.1, 0.15) is 0 Å². The second-order valence-electron chi connectivity index (χ2n) is 3.65. The maximum absolute atomic E-state index is 5.74. The third kappa shape index (κ3) is 1.85. The first-order valence-corrected chi connectivity index (χ1v) is 5.38. The molecule has 17 heavy (non-hydrogen) atoms. The lowest BCUT2D eigenvalue weighted by Crippen LogP contribution is -1.89. The highest BCUT2D eigenvalue weighted by Crippen LogP contribution is 2.19. The smallest absolute Gasteiger partial charge is 0.224 e. The van der Waals surface area contributed by atoms with Gasteiger partial charge in [-0.05, 0) is 23.7 Å². The van der Waals surface area contributed by atoms with Crippen LogP contribution in [0.5, 0.6) is 0 Å². The lowest BCUT2D eigenvalue weighted by Gasteiger charge is -1.99. The predicted octanol–water partition coefficient (Wildman–Crippen LogP) is 2.08. The Morgan fingerprint density at radius 1 is 1.18 bits per heavy atom. The molecule has 0 saturated heterocycles. The number of aryl methyl sites for hydroxylation is 1. The van der Waals surface area contributed by atoms with Gasteiger partial charge in [0.05, 0.1) is 11.9 Å². The first-order chi connectivity index (χ1) is 8.22. The Hall–Kier alpha value is -2.01. The van der Waals surface area contributed by atoms with Gasteiger partial charge in [-0.1, -0.05) is 0 Å². The molecule has 0 spiro atoms. The van der Waals surface area contributed by atoms with Crippen molar-refractivity contribution in [2.75, 3.05) is 0 Å². The van der Waals surface area contributed by atoms with Crippen molar-refractivity contribution in [2.24, 2.45) is 7.05 Å². The van der Waals surface area contributed by atoms with Gasteiger partial charge in [-0.3, -0.25) is 4.68 Å². The monoisotopic (exact) mass is 245 g/mol. The number of aromatic nitrogens is 5. The molecular weight excluding hydrogens is 238 g/mol. The van der Waals surface area contributed by atoms with Crippen LogP contribution in [0.25, 0.3) is 22.3 Å². The fraction of sp³-hybridized carbons (Fsp3) is 0.0909. The summed E-state index contributed by atoms with van der Waals surface area (Å²) in [5.41, 5.74) is 2.36. The van der Waals surface area contributed by atoms with E-state index >= 15 is 0 Å². The van der Waals surface area contributed by atoms with Crippen molar-refractivity contribution in [3.05, 3.63) is 36.0 Å². The van der Waals surface area contributed by atoms with E-state index in [9.17, 15) is 0 Å². The first kappa shape index (κ1) is 10.2. The lowest BCUT2D eigenvalue weighted by molar-refractivity contribution is 0.768. The third-order valence-corrected chi connectivity index (χ3v) is 2.60. The summed E-state index contributed by atoms with van der Waals surface area (Å²) in [7, 11) is 1.86. The number of fused-ring (bicyclic) bond motifs is 1. The maximum Gasteiger partial charge on any atom is 0.224 e. The van der Waals surface area contributed by atoms with Gasteiger partial charge in [0.25, 0.3) is 0 Å². The molecule has 0 amide bonds. The van der Waals surface area contributed by atoms with Gasteiger partial charge < -0.3 is 0 Å². The minimum atomic E-state index is 0.202. The Morgan fingerprint density at radius 3 is 2.82 bits per heavy atom. The van der Waals surface area contributed by atoms with Crippen molar-refractivity contribution in [3.8, 4) is 11.3 Å². The average molecular weight is 246 g/mol. The molecule has 0 aliphatic rings. The molecule has 5 nitrogen and oxygen atoms in total. The van der Waals surface area contributed by atoms with Gasteiger partial charge in [0.15, 0.2) is 5.65 Å². The van der Waals surface area contributed by atoms with Crippen molar-refractivity contribution < 1.29 is 0 Å². The van der Waals surface area contributed by atoms with E-state index < -0.39 is 0 Å². The fourth-order valence-electron chi connectivity index (χ4n) is 1.60. The van der Waals surface area contributed by atoms with Crippen LogP contribution in [0, 0.1) is 0 Å². The zero-order chi connectivity index (χ0) is 11.8. The standard InChI is InChI=1S/C11H8ClN5/c1-17-6-8(5-14-17)9-3-2-7-4-13-11(12)16-10(7)15-9/h2-6H,1H3. The Balaban J connectivity index is 2.18. The quantitative estimate of drug-likeness (QED) is 0.616. The van der Waals surface area contributed by atoms with Crippen molar-refractivity contribution >= 4 is 22.6 Å². The van der Waals surface area contributed by atoms with E-state index in [0.29, 0.717) is 5.65 Å². The summed E-state index contributed by atoms with van der Waals surface area (Å²) in [6.07, 6.45) is 5.32. The molecule has 0 aliphatic heterocycles. The molecule has 0 atom stereocenters. The van der Waals surface area contributed by atoms with E-state index in [2.05, 4.69) is 20.1 Å². The normalized spacial score (nSPS) is 10.9. The molecule has 0 bridgehead atoms. The zero-order valence-corrected chi connectivity index (χ0v) is 9.76. The zero-order valence-electron chi connectivity index (χ0n) is 9.00. The second-order valence-corrected chi connectivity index (χ2v) is 3.99. The number of halogens is 1. The second kappa shape index (κ2) is 3.78. The highest BCUT2D eigenvalue weighted by molar-refractivity contribution is 6.28. The highest BCUT2D eigenvalue weighted by atomic mass is 35.5. The molecule has 0 unspecified atom stereocenters. The molecule has 0 aromatic carbocycles. The van der Waals surface area contributed by atoms with E-state index in [0.717, 1.165) is 16.6 Å². The number of pyridine rings is 1. The molecule has 3 aromatic rings. The summed E-state index contributed by atoms with van der Waals surface area (Å²) in [4.78, 5) is 12.4. The van der Waals surface area contributed by atoms with E-state index in [1.54, 1.807) is 17.1 Å². The molecular formula is C11H8ClN5. The van der Waals surface area contributed by atoms with Crippen molar-refractivity contribution in [3.63, 3.8) is 0 Å². The summed E-state index contributed by atoms with van der Waals surface area (Å²) in [5.74, 6) is 0. The van der Waals surface area contributed by atoms with Crippen LogP contribution in [0.4, 0.5) is 0 Å². The topological polar surface area (TPSA) is 56.5 Å². The van der Waals surface area contributed by atoms with Gasteiger partial charge in [0.2, 0.25) is 5.28 Å². The summed E-state index contributed by atoms with van der Waals surface area (Å²) in [6, 6.07) is 3.83. The molecule has 6 heteroatoms. The summed E-state index contributed by atoms with van der Waals surface area (Å²) in [5, 5.41) is 5.17. The minimum Gasteiger partial charge on any atom is -0.275 e. The van der Waals surface area contributed by atoms with E-state index in [1.165, 1.54) is 0 Å². The van der Waals surface area contributed by atoms with Crippen LogP contribution in [-0.2, 0) is 7.05 Å². The molecule has 0 saturated carbocycles. The van der Waals surface area contributed by atoms with Gasteiger partial charge in [-0.2, -0.15) is 10.1 Å². The number of hydrogen-bond donors (Lipinski definition) is 0. The van der Waals surface area contributed by atoms with Crippen LogP contribution in [0.3, 0.4) is 0 Å².